The molecule has 0 saturated carbocycles. The summed E-state index contributed by atoms with van der Waals surface area (Å²) in [6.45, 7) is 15.1. The van der Waals surface area contributed by atoms with E-state index in [1.165, 1.54) is 60.5 Å². The van der Waals surface area contributed by atoms with E-state index in [1.807, 2.05) is 12.3 Å². The highest BCUT2D eigenvalue weighted by atomic mass is 32.4. The van der Waals surface area contributed by atoms with Crippen molar-refractivity contribution in [1.29, 1.82) is 0 Å². The Labute approximate surface area is 272 Å². The van der Waals surface area contributed by atoms with Gasteiger partial charge < -0.3 is 4.90 Å². The maximum absolute atomic E-state index is 7.03. The summed E-state index contributed by atoms with van der Waals surface area (Å²) in [5.74, 6) is 0. The predicted molar refractivity (Wildman–Crippen MR) is 200 cm³/mol. The number of fused-ring (bicyclic) bond motifs is 4. The molecule has 44 heavy (non-hydrogen) atoms. The van der Waals surface area contributed by atoms with Crippen LogP contribution in [0.5, 0.6) is 0 Å². The van der Waals surface area contributed by atoms with Gasteiger partial charge in [-0.3, -0.25) is 9.65 Å². The third-order valence-electron chi connectivity index (χ3n) is 9.14. The number of benzene rings is 4. The highest BCUT2D eigenvalue weighted by molar-refractivity contribution is 8.22. The largest absolute Gasteiger partial charge is 0.308 e. The zero-order valence-electron chi connectivity index (χ0n) is 26.1. The van der Waals surface area contributed by atoms with Crippen molar-refractivity contribution in [3.63, 3.8) is 0 Å². The average molecular weight is 650 g/mol. The molecule has 0 fully saturated rings. The molecule has 4 aromatic carbocycles. The van der Waals surface area contributed by atoms with Crippen LogP contribution in [-0.4, -0.2) is 29.4 Å². The summed E-state index contributed by atoms with van der Waals surface area (Å²) in [6, 6.07) is 29.3. The summed E-state index contributed by atoms with van der Waals surface area (Å²) in [5, 5.41) is 5.10. The summed E-state index contributed by atoms with van der Waals surface area (Å²) in [7, 11) is 0. The van der Waals surface area contributed by atoms with Crippen molar-refractivity contribution in [1.82, 2.24) is 9.65 Å². The molecule has 1 aromatic heterocycles. The van der Waals surface area contributed by atoms with Gasteiger partial charge in [-0.05, 0) is 98.7 Å². The predicted octanol–water partition coefficient (Wildman–Crippen LogP) is 8.18. The minimum atomic E-state index is -2.39. The number of hydrogen-bond acceptors (Lipinski definition) is 4. The fourth-order valence-corrected chi connectivity index (χ4v) is 15.1. The Kier molecular flexibility index (Phi) is 7.35. The van der Waals surface area contributed by atoms with Crippen LogP contribution in [0, 0.1) is 20.8 Å². The third kappa shape index (κ3) is 4.43. The van der Waals surface area contributed by atoms with Gasteiger partial charge >= 0.3 is 0 Å². The lowest BCUT2D eigenvalue weighted by atomic mass is 10.00. The van der Waals surface area contributed by atoms with E-state index < -0.39 is 12.2 Å². The van der Waals surface area contributed by atoms with Gasteiger partial charge in [-0.1, -0.05) is 78.9 Å². The van der Waals surface area contributed by atoms with E-state index in [0.29, 0.717) is 0 Å². The van der Waals surface area contributed by atoms with Crippen molar-refractivity contribution >= 4 is 74.1 Å². The summed E-state index contributed by atoms with van der Waals surface area (Å²) >= 11 is 13.8. The van der Waals surface area contributed by atoms with E-state index in [9.17, 15) is 0 Å². The lowest BCUT2D eigenvalue weighted by Crippen LogP contribution is -2.45. The number of nitrogens with zero attached hydrogens (tertiary/aromatic N) is 3. The Morgan fingerprint density at radius 3 is 1.95 bits per heavy atom. The molecule has 2 aliphatic rings. The smallest absolute Gasteiger partial charge is 0.0751 e. The van der Waals surface area contributed by atoms with Crippen LogP contribution in [-0.2, 0) is 23.6 Å². The lowest BCUT2D eigenvalue weighted by Gasteiger charge is -2.48. The lowest BCUT2D eigenvalue weighted by molar-refractivity contribution is 0.513. The van der Waals surface area contributed by atoms with Crippen LogP contribution in [0.15, 0.2) is 91.1 Å². The van der Waals surface area contributed by atoms with Gasteiger partial charge in [0.2, 0.25) is 0 Å². The van der Waals surface area contributed by atoms with E-state index in [0.717, 1.165) is 29.9 Å². The molecule has 0 amide bonds. The van der Waals surface area contributed by atoms with Crippen LogP contribution < -0.4 is 26.1 Å². The monoisotopic (exact) mass is 649 g/mol. The van der Waals surface area contributed by atoms with Crippen LogP contribution in [0.1, 0.15) is 30.5 Å². The summed E-state index contributed by atoms with van der Waals surface area (Å²) in [4.78, 5) is 7.18. The molecule has 2 aliphatic heterocycles. The zero-order chi connectivity index (χ0) is 31.0. The van der Waals surface area contributed by atoms with Gasteiger partial charge in [-0.2, -0.15) is 0 Å². The van der Waals surface area contributed by atoms with Crippen molar-refractivity contribution in [3.8, 4) is 22.4 Å². The van der Waals surface area contributed by atoms with Crippen molar-refractivity contribution in [2.24, 2.45) is 0 Å². The Balaban J connectivity index is 1.58. The van der Waals surface area contributed by atoms with Crippen molar-refractivity contribution in [2.75, 3.05) is 24.7 Å². The molecule has 7 rings (SSSR count). The van der Waals surface area contributed by atoms with Crippen molar-refractivity contribution < 1.29 is 0 Å². The maximum atomic E-state index is 7.03. The summed E-state index contributed by atoms with van der Waals surface area (Å²) in [6.07, 6.45) is -0.502. The first-order valence-electron chi connectivity index (χ1n) is 15.3. The van der Waals surface area contributed by atoms with Gasteiger partial charge in [0.15, 0.2) is 0 Å². The van der Waals surface area contributed by atoms with Gasteiger partial charge in [-0.25, -0.2) is 0 Å². The van der Waals surface area contributed by atoms with Crippen LogP contribution in [0.4, 0.5) is 17.1 Å². The van der Waals surface area contributed by atoms with E-state index >= 15 is 0 Å². The Morgan fingerprint density at radius 2 is 1.27 bits per heavy atom. The standard InChI is InChI=1S/C37H37N3P2S2/c1-7-39(8-2)42(44)34-20-25(4)13-15-32(34)40-31-14-12-24(3)19-33(31)41(6,43)35-22-29(23-36(42)37(35)40)27-10-9-11-28(21-27)30-18-26(5)16-17-38-30/h9-23H,7-8H2,1-6H3. The molecular weight excluding hydrogens is 613 g/mol. The molecule has 3 heterocycles. The van der Waals surface area contributed by atoms with Crippen LogP contribution in [0.25, 0.3) is 22.4 Å². The number of aryl methyl sites for hydroxylation is 3. The topological polar surface area (TPSA) is 19.4 Å². The summed E-state index contributed by atoms with van der Waals surface area (Å²) in [5.41, 5.74) is 11.8. The highest BCUT2D eigenvalue weighted by Gasteiger charge is 2.45. The first kappa shape index (κ1) is 29.8. The molecule has 2 unspecified atom stereocenters. The van der Waals surface area contributed by atoms with E-state index in [1.54, 1.807) is 0 Å². The van der Waals surface area contributed by atoms with Gasteiger partial charge in [0.05, 0.1) is 28.9 Å². The quantitative estimate of drug-likeness (QED) is 0.178. The zero-order valence-corrected chi connectivity index (χ0v) is 29.5. The minimum absolute atomic E-state index is 0.894. The first-order chi connectivity index (χ1) is 21.1. The fraction of sp³-hybridized carbons (Fsp3) is 0.216. The Morgan fingerprint density at radius 1 is 0.659 bits per heavy atom. The number of hydrogen-bond donors (Lipinski definition) is 0. The normalized spacial score (nSPS) is 19.8. The second-order valence-corrected chi connectivity index (χ2v) is 21.4. The van der Waals surface area contributed by atoms with E-state index in [4.69, 9.17) is 23.6 Å². The molecular formula is C37H37N3P2S2. The Hall–Kier alpha value is -2.91. The average Bonchev–Trinajstić information content (AvgIpc) is 3.02. The molecule has 3 nitrogen and oxygen atoms in total. The Bertz CT molecular complexity index is 2080. The molecule has 5 aromatic rings. The van der Waals surface area contributed by atoms with Crippen LogP contribution in [0.2, 0.25) is 0 Å². The molecule has 0 saturated heterocycles. The van der Waals surface area contributed by atoms with Crippen LogP contribution >= 0.6 is 12.2 Å². The van der Waals surface area contributed by atoms with Crippen LogP contribution in [0.3, 0.4) is 0 Å². The molecule has 7 heteroatoms. The van der Waals surface area contributed by atoms with Gasteiger partial charge in [-0.15, -0.1) is 0 Å². The first-order valence-corrected chi connectivity index (χ1v) is 21.3. The van der Waals surface area contributed by atoms with Crippen molar-refractivity contribution in [2.45, 2.75) is 34.6 Å². The van der Waals surface area contributed by atoms with E-state index in [-0.39, 0.29) is 0 Å². The number of aromatic nitrogens is 1. The SMILES string of the molecule is CCN(CC)P1(=S)c2cc(C)ccc2N2c3ccc(C)cc3P(C)(=S)c3cc(-c4cccc(-c5cc(C)ccn5)c4)cc1c32. The second-order valence-electron chi connectivity index (χ2n) is 12.1. The number of pyridine rings is 1. The number of anilines is 3. The molecule has 222 valence electrons. The molecule has 0 aliphatic carbocycles. The van der Waals surface area contributed by atoms with Gasteiger partial charge in [0, 0.05) is 52.1 Å². The maximum Gasteiger partial charge on any atom is 0.0751 e. The molecule has 0 radical (unpaired) electrons. The fourth-order valence-electron chi connectivity index (χ4n) is 6.89. The number of rotatable bonds is 5. The van der Waals surface area contributed by atoms with Gasteiger partial charge in [0.25, 0.3) is 0 Å². The molecule has 0 N–H and O–H groups in total. The second kappa shape index (κ2) is 10.9. The summed E-state index contributed by atoms with van der Waals surface area (Å²) < 4.78 is 2.55. The van der Waals surface area contributed by atoms with Gasteiger partial charge in [0.1, 0.15) is 0 Å². The molecule has 0 spiro atoms. The molecule has 2 atom stereocenters. The minimum Gasteiger partial charge on any atom is -0.308 e. The highest BCUT2D eigenvalue weighted by Crippen LogP contribution is 2.62. The van der Waals surface area contributed by atoms with E-state index in [2.05, 4.69) is 135 Å². The third-order valence-corrected chi connectivity index (χ3v) is 18.1. The van der Waals surface area contributed by atoms with Crippen molar-refractivity contribution in [3.05, 3.63) is 108 Å². The molecule has 0 bridgehead atoms.